The second-order valence-corrected chi connectivity index (χ2v) is 9.06. The van der Waals surface area contributed by atoms with Crippen LogP contribution in [-0.4, -0.2) is 18.5 Å². The predicted molar refractivity (Wildman–Crippen MR) is 98.6 cm³/mol. The molecule has 0 aliphatic rings. The lowest BCUT2D eigenvalue weighted by Gasteiger charge is -2.17. The van der Waals surface area contributed by atoms with Gasteiger partial charge in [0, 0.05) is 0 Å². The molecular formula is C19H41P. The zero-order valence-corrected chi connectivity index (χ0v) is 15.7. The van der Waals surface area contributed by atoms with Crippen molar-refractivity contribution in [3.63, 3.8) is 0 Å². The van der Waals surface area contributed by atoms with Gasteiger partial charge < -0.3 is 0 Å². The summed E-state index contributed by atoms with van der Waals surface area (Å²) >= 11 is 0. The predicted octanol–water partition coefficient (Wildman–Crippen LogP) is 7.60. The monoisotopic (exact) mass is 300 g/mol. The zero-order valence-electron chi connectivity index (χ0n) is 14.8. The van der Waals surface area contributed by atoms with Crippen molar-refractivity contribution in [2.45, 2.75) is 104 Å². The van der Waals surface area contributed by atoms with Crippen LogP contribution >= 0.6 is 7.92 Å². The van der Waals surface area contributed by atoms with E-state index < -0.39 is 0 Å². The number of hydrogen-bond donors (Lipinski definition) is 0. The minimum absolute atomic E-state index is 0.387. The molecule has 0 rings (SSSR count). The number of unbranched alkanes of at least 4 members (excludes halogenated alkanes) is 10. The normalized spacial score (nSPS) is 12.8. The molecule has 122 valence electrons. The van der Waals surface area contributed by atoms with Gasteiger partial charge in [-0.15, -0.1) is 7.92 Å². The number of hydrogen-bond acceptors (Lipinski definition) is 0. The van der Waals surface area contributed by atoms with Gasteiger partial charge in [-0.2, -0.15) is 0 Å². The lowest BCUT2D eigenvalue weighted by atomic mass is 10.1. The maximum Gasteiger partial charge on any atom is -0.0326 e. The summed E-state index contributed by atoms with van der Waals surface area (Å²) in [5, 5.41) is 0. The Morgan fingerprint density at radius 3 is 1.20 bits per heavy atom. The molecule has 0 radical (unpaired) electrons. The van der Waals surface area contributed by atoms with Crippen molar-refractivity contribution in [3.05, 3.63) is 0 Å². The molecule has 0 aromatic rings. The molecule has 20 heavy (non-hydrogen) atoms. The van der Waals surface area contributed by atoms with Gasteiger partial charge in [0.05, 0.1) is 0 Å². The Labute approximate surface area is 131 Å². The van der Waals surface area contributed by atoms with E-state index in [1.54, 1.807) is 18.5 Å². The Hall–Kier alpha value is 0.430. The molecule has 0 aromatic heterocycles. The van der Waals surface area contributed by atoms with E-state index >= 15 is 0 Å². The Bertz CT molecular complexity index is 167. The maximum absolute atomic E-state index is 2.33. The highest BCUT2D eigenvalue weighted by Gasteiger charge is 2.07. The molecule has 0 amide bonds. The van der Waals surface area contributed by atoms with Gasteiger partial charge in [0.15, 0.2) is 0 Å². The molecule has 1 heteroatoms. The van der Waals surface area contributed by atoms with Crippen molar-refractivity contribution in [2.24, 2.45) is 0 Å². The molecule has 0 aliphatic heterocycles. The van der Waals surface area contributed by atoms with Crippen LogP contribution in [0.15, 0.2) is 0 Å². The van der Waals surface area contributed by atoms with E-state index in [1.165, 1.54) is 83.5 Å². The highest BCUT2D eigenvalue weighted by molar-refractivity contribution is 7.57. The van der Waals surface area contributed by atoms with Crippen LogP contribution in [0.3, 0.4) is 0 Å². The molecule has 0 bridgehead atoms. The average molecular weight is 301 g/mol. The van der Waals surface area contributed by atoms with Crippen LogP contribution in [-0.2, 0) is 0 Å². The van der Waals surface area contributed by atoms with E-state index in [9.17, 15) is 0 Å². The fourth-order valence-electron chi connectivity index (χ4n) is 2.80. The second kappa shape index (κ2) is 17.5. The fraction of sp³-hybridized carbons (Fsp3) is 1.00. The van der Waals surface area contributed by atoms with Gasteiger partial charge in [-0.05, 0) is 37.7 Å². The summed E-state index contributed by atoms with van der Waals surface area (Å²) in [5.74, 6) is 0. The van der Waals surface area contributed by atoms with E-state index in [0.717, 1.165) is 0 Å². The maximum atomic E-state index is 2.33. The molecule has 0 fully saturated rings. The Balaban J connectivity index is 3.62. The fourth-order valence-corrected chi connectivity index (χ4v) is 5.48. The SMILES string of the molecule is CCCCCCCCP(CCCCC)CCCCCC. The van der Waals surface area contributed by atoms with Crippen LogP contribution in [0, 0.1) is 0 Å². The zero-order chi connectivity index (χ0) is 14.9. The van der Waals surface area contributed by atoms with Crippen LogP contribution in [0.25, 0.3) is 0 Å². The topological polar surface area (TPSA) is 0 Å². The molecule has 1 atom stereocenters. The molecule has 0 nitrogen and oxygen atoms in total. The van der Waals surface area contributed by atoms with E-state index in [0.29, 0.717) is 7.92 Å². The van der Waals surface area contributed by atoms with Crippen LogP contribution in [0.2, 0.25) is 0 Å². The molecule has 0 saturated carbocycles. The van der Waals surface area contributed by atoms with Gasteiger partial charge >= 0.3 is 0 Å². The standard InChI is InChI=1S/C19H41P/c1-4-7-10-12-13-16-19-20(17-14-9-6-3)18-15-11-8-5-2/h4-19H2,1-3H3. The largest absolute Gasteiger partial charge is 0.107 e. The molecular weight excluding hydrogens is 259 g/mol. The molecule has 0 aliphatic carbocycles. The summed E-state index contributed by atoms with van der Waals surface area (Å²) < 4.78 is 0. The second-order valence-electron chi connectivity index (χ2n) is 6.38. The van der Waals surface area contributed by atoms with E-state index in [2.05, 4.69) is 20.8 Å². The first kappa shape index (κ1) is 20.4. The van der Waals surface area contributed by atoms with Crippen molar-refractivity contribution in [3.8, 4) is 0 Å². The summed E-state index contributed by atoms with van der Waals surface area (Å²) in [5.41, 5.74) is 0. The molecule has 0 spiro atoms. The molecule has 0 heterocycles. The highest BCUT2D eigenvalue weighted by atomic mass is 31.1. The lowest BCUT2D eigenvalue weighted by Crippen LogP contribution is -1.97. The third-order valence-corrected chi connectivity index (χ3v) is 7.08. The minimum atomic E-state index is 0.387. The highest BCUT2D eigenvalue weighted by Crippen LogP contribution is 2.39. The first-order valence-electron chi connectivity index (χ1n) is 9.57. The Kier molecular flexibility index (Phi) is 17.9. The molecule has 1 unspecified atom stereocenters. The first-order chi connectivity index (χ1) is 9.85. The first-order valence-corrected chi connectivity index (χ1v) is 11.5. The van der Waals surface area contributed by atoms with Gasteiger partial charge in [-0.3, -0.25) is 0 Å². The molecule has 0 N–H and O–H groups in total. The van der Waals surface area contributed by atoms with Crippen LogP contribution < -0.4 is 0 Å². The smallest absolute Gasteiger partial charge is 0.0326 e. The van der Waals surface area contributed by atoms with Gasteiger partial charge in [0.25, 0.3) is 0 Å². The van der Waals surface area contributed by atoms with Crippen molar-refractivity contribution in [1.29, 1.82) is 0 Å². The van der Waals surface area contributed by atoms with Crippen molar-refractivity contribution in [1.82, 2.24) is 0 Å². The summed E-state index contributed by atoms with van der Waals surface area (Å²) in [6.07, 6.45) is 23.7. The van der Waals surface area contributed by atoms with E-state index in [4.69, 9.17) is 0 Å². The summed E-state index contributed by atoms with van der Waals surface area (Å²) in [6, 6.07) is 0. The quantitative estimate of drug-likeness (QED) is 0.203. The van der Waals surface area contributed by atoms with Crippen molar-refractivity contribution < 1.29 is 0 Å². The summed E-state index contributed by atoms with van der Waals surface area (Å²) in [6.45, 7) is 6.96. The number of rotatable bonds is 16. The van der Waals surface area contributed by atoms with Gasteiger partial charge in [-0.25, -0.2) is 0 Å². The van der Waals surface area contributed by atoms with Crippen LogP contribution in [0.5, 0.6) is 0 Å². The van der Waals surface area contributed by atoms with Crippen LogP contribution in [0.1, 0.15) is 104 Å². The molecule has 0 saturated heterocycles. The summed E-state index contributed by atoms with van der Waals surface area (Å²) in [7, 11) is 0.387. The average Bonchev–Trinajstić information content (AvgIpc) is 2.46. The van der Waals surface area contributed by atoms with E-state index in [-0.39, 0.29) is 0 Å². The Morgan fingerprint density at radius 1 is 0.400 bits per heavy atom. The minimum Gasteiger partial charge on any atom is -0.107 e. The van der Waals surface area contributed by atoms with E-state index in [1.807, 2.05) is 0 Å². The Morgan fingerprint density at radius 2 is 0.700 bits per heavy atom. The lowest BCUT2D eigenvalue weighted by molar-refractivity contribution is 0.625. The third kappa shape index (κ3) is 14.8. The molecule has 0 aromatic carbocycles. The van der Waals surface area contributed by atoms with Crippen molar-refractivity contribution in [2.75, 3.05) is 18.5 Å². The van der Waals surface area contributed by atoms with Gasteiger partial charge in [0.2, 0.25) is 0 Å². The van der Waals surface area contributed by atoms with Crippen molar-refractivity contribution >= 4 is 7.92 Å². The van der Waals surface area contributed by atoms with Gasteiger partial charge in [0.1, 0.15) is 0 Å². The summed E-state index contributed by atoms with van der Waals surface area (Å²) in [4.78, 5) is 0. The van der Waals surface area contributed by atoms with Gasteiger partial charge in [-0.1, -0.05) is 85.0 Å². The third-order valence-electron chi connectivity index (χ3n) is 4.23. The van der Waals surface area contributed by atoms with Crippen LogP contribution in [0.4, 0.5) is 0 Å².